The molecule has 0 aromatic carbocycles. The van der Waals surface area contributed by atoms with E-state index in [-0.39, 0.29) is 0 Å². The van der Waals surface area contributed by atoms with Crippen LogP contribution in [0.1, 0.15) is 6.42 Å². The standard InChI is InChI=1S/C7H12O4S/c1-11-7(10)5(6(8)9)3-4-12-2/h5H,3-4H2,1-2H3,(H,8,9). The highest BCUT2D eigenvalue weighted by molar-refractivity contribution is 7.98. The van der Waals surface area contributed by atoms with Crippen LogP contribution in [-0.4, -0.2) is 36.2 Å². The van der Waals surface area contributed by atoms with Crippen LogP contribution in [0.25, 0.3) is 0 Å². The monoisotopic (exact) mass is 192 g/mol. The molecular formula is C7H12O4S. The Morgan fingerprint density at radius 1 is 1.58 bits per heavy atom. The molecule has 12 heavy (non-hydrogen) atoms. The van der Waals surface area contributed by atoms with Gasteiger partial charge in [-0.05, 0) is 18.4 Å². The van der Waals surface area contributed by atoms with E-state index in [2.05, 4.69) is 4.74 Å². The van der Waals surface area contributed by atoms with E-state index in [0.29, 0.717) is 12.2 Å². The van der Waals surface area contributed by atoms with E-state index in [1.807, 2.05) is 6.26 Å². The van der Waals surface area contributed by atoms with E-state index in [1.165, 1.54) is 18.9 Å². The average Bonchev–Trinajstić information content (AvgIpc) is 2.04. The number of ether oxygens (including phenoxy) is 1. The summed E-state index contributed by atoms with van der Waals surface area (Å²) in [5, 5.41) is 8.59. The molecule has 5 heteroatoms. The van der Waals surface area contributed by atoms with Gasteiger partial charge in [-0.15, -0.1) is 0 Å². The predicted molar refractivity (Wildman–Crippen MR) is 46.1 cm³/mol. The lowest BCUT2D eigenvalue weighted by molar-refractivity contribution is -0.156. The lowest BCUT2D eigenvalue weighted by atomic mass is 10.1. The topological polar surface area (TPSA) is 63.6 Å². The molecule has 0 aromatic rings. The first-order valence-electron chi connectivity index (χ1n) is 3.43. The second-order valence-electron chi connectivity index (χ2n) is 2.20. The molecule has 0 fully saturated rings. The number of hydrogen-bond acceptors (Lipinski definition) is 4. The van der Waals surface area contributed by atoms with Gasteiger partial charge in [0.25, 0.3) is 0 Å². The molecule has 4 nitrogen and oxygen atoms in total. The molecule has 0 radical (unpaired) electrons. The van der Waals surface area contributed by atoms with E-state index >= 15 is 0 Å². The van der Waals surface area contributed by atoms with Gasteiger partial charge in [0, 0.05) is 0 Å². The van der Waals surface area contributed by atoms with E-state index < -0.39 is 17.9 Å². The van der Waals surface area contributed by atoms with Crippen LogP contribution in [0.4, 0.5) is 0 Å². The van der Waals surface area contributed by atoms with Crippen molar-refractivity contribution in [1.29, 1.82) is 0 Å². The van der Waals surface area contributed by atoms with Crippen LogP contribution in [-0.2, 0) is 14.3 Å². The second-order valence-corrected chi connectivity index (χ2v) is 3.18. The van der Waals surface area contributed by atoms with Crippen LogP contribution in [0, 0.1) is 5.92 Å². The number of methoxy groups -OCH3 is 1. The zero-order chi connectivity index (χ0) is 9.56. The van der Waals surface area contributed by atoms with E-state index in [0.717, 1.165) is 0 Å². The molecule has 1 atom stereocenters. The SMILES string of the molecule is COC(=O)C(CCSC)C(=O)O. The van der Waals surface area contributed by atoms with Crippen molar-refractivity contribution in [2.24, 2.45) is 5.92 Å². The van der Waals surface area contributed by atoms with Crippen molar-refractivity contribution in [2.45, 2.75) is 6.42 Å². The summed E-state index contributed by atoms with van der Waals surface area (Å²) in [7, 11) is 1.19. The van der Waals surface area contributed by atoms with Gasteiger partial charge in [-0.3, -0.25) is 9.59 Å². The molecule has 0 saturated heterocycles. The zero-order valence-corrected chi connectivity index (χ0v) is 7.89. The van der Waals surface area contributed by atoms with Crippen LogP contribution in [0.2, 0.25) is 0 Å². The van der Waals surface area contributed by atoms with Gasteiger partial charge in [0.15, 0.2) is 5.92 Å². The molecule has 0 amide bonds. The molecule has 1 N–H and O–H groups in total. The van der Waals surface area contributed by atoms with Crippen molar-refractivity contribution in [2.75, 3.05) is 19.1 Å². The van der Waals surface area contributed by atoms with Crippen molar-refractivity contribution in [3.8, 4) is 0 Å². The molecule has 0 aliphatic rings. The number of carboxylic acids is 1. The zero-order valence-electron chi connectivity index (χ0n) is 7.07. The summed E-state index contributed by atoms with van der Waals surface area (Å²) in [5.74, 6) is -2.15. The fourth-order valence-electron chi connectivity index (χ4n) is 0.720. The molecule has 0 aromatic heterocycles. The minimum Gasteiger partial charge on any atom is -0.481 e. The Bertz CT molecular complexity index is 169. The molecule has 0 bridgehead atoms. The van der Waals surface area contributed by atoms with Crippen LogP contribution >= 0.6 is 11.8 Å². The molecule has 0 aliphatic carbocycles. The van der Waals surface area contributed by atoms with E-state index in [1.54, 1.807) is 0 Å². The Morgan fingerprint density at radius 3 is 2.50 bits per heavy atom. The molecule has 0 heterocycles. The van der Waals surface area contributed by atoms with Gasteiger partial charge in [-0.25, -0.2) is 0 Å². The maximum absolute atomic E-state index is 10.8. The average molecular weight is 192 g/mol. The summed E-state index contributed by atoms with van der Waals surface area (Å²) in [4.78, 5) is 21.3. The van der Waals surface area contributed by atoms with Gasteiger partial charge in [-0.1, -0.05) is 0 Å². The summed E-state index contributed by atoms with van der Waals surface area (Å²) < 4.78 is 4.34. The maximum Gasteiger partial charge on any atom is 0.320 e. The van der Waals surface area contributed by atoms with Crippen molar-refractivity contribution in [3.05, 3.63) is 0 Å². The Kier molecular flexibility index (Phi) is 5.53. The third-order valence-electron chi connectivity index (χ3n) is 1.39. The molecule has 0 rings (SSSR count). The van der Waals surface area contributed by atoms with Crippen molar-refractivity contribution in [3.63, 3.8) is 0 Å². The first kappa shape index (κ1) is 11.3. The number of carboxylic acid groups (broad SMARTS) is 1. The lowest BCUT2D eigenvalue weighted by Gasteiger charge is -2.07. The van der Waals surface area contributed by atoms with Crippen LogP contribution in [0.3, 0.4) is 0 Å². The number of aliphatic carboxylic acids is 1. The minimum atomic E-state index is -1.11. The molecule has 0 spiro atoms. The quantitative estimate of drug-likeness (QED) is 0.511. The number of rotatable bonds is 5. The summed E-state index contributed by atoms with van der Waals surface area (Å²) >= 11 is 1.50. The normalized spacial score (nSPS) is 12.2. The van der Waals surface area contributed by atoms with Crippen LogP contribution in [0.15, 0.2) is 0 Å². The maximum atomic E-state index is 10.8. The van der Waals surface area contributed by atoms with Gasteiger partial charge < -0.3 is 9.84 Å². The largest absolute Gasteiger partial charge is 0.481 e. The number of carbonyl (C=O) groups excluding carboxylic acids is 1. The first-order chi connectivity index (χ1) is 5.63. The molecule has 70 valence electrons. The third kappa shape index (κ3) is 3.61. The Labute approximate surface area is 75.3 Å². The van der Waals surface area contributed by atoms with Crippen LogP contribution in [0.5, 0.6) is 0 Å². The Morgan fingerprint density at radius 2 is 2.17 bits per heavy atom. The Balaban J connectivity index is 4.04. The van der Waals surface area contributed by atoms with Gasteiger partial charge in [0.2, 0.25) is 0 Å². The predicted octanol–water partition coefficient (Wildman–Crippen LogP) is 0.613. The smallest absolute Gasteiger partial charge is 0.320 e. The van der Waals surface area contributed by atoms with Crippen molar-refractivity contribution in [1.82, 2.24) is 0 Å². The number of esters is 1. The summed E-state index contributed by atoms with van der Waals surface area (Å²) in [6.07, 6.45) is 2.18. The third-order valence-corrected chi connectivity index (χ3v) is 2.04. The minimum absolute atomic E-state index is 0.323. The lowest BCUT2D eigenvalue weighted by Crippen LogP contribution is -2.25. The molecular weight excluding hydrogens is 180 g/mol. The number of thioether (sulfide) groups is 1. The number of carbonyl (C=O) groups is 2. The highest BCUT2D eigenvalue weighted by Crippen LogP contribution is 2.09. The first-order valence-corrected chi connectivity index (χ1v) is 4.82. The van der Waals surface area contributed by atoms with E-state index in [9.17, 15) is 9.59 Å². The Hall–Kier alpha value is -0.710. The van der Waals surface area contributed by atoms with Crippen LogP contribution < -0.4 is 0 Å². The van der Waals surface area contributed by atoms with Crippen molar-refractivity contribution < 1.29 is 19.4 Å². The molecule has 0 saturated carbocycles. The summed E-state index contributed by atoms with van der Waals surface area (Å²) in [6.45, 7) is 0. The van der Waals surface area contributed by atoms with Crippen molar-refractivity contribution >= 4 is 23.7 Å². The molecule has 1 unspecified atom stereocenters. The highest BCUT2D eigenvalue weighted by atomic mass is 32.2. The van der Waals surface area contributed by atoms with Gasteiger partial charge >= 0.3 is 11.9 Å². The fourth-order valence-corrected chi connectivity index (χ4v) is 1.19. The van der Waals surface area contributed by atoms with Gasteiger partial charge in [0.05, 0.1) is 7.11 Å². The highest BCUT2D eigenvalue weighted by Gasteiger charge is 2.26. The van der Waals surface area contributed by atoms with Gasteiger partial charge in [0.1, 0.15) is 0 Å². The van der Waals surface area contributed by atoms with E-state index in [4.69, 9.17) is 5.11 Å². The molecule has 0 aliphatic heterocycles. The second kappa shape index (κ2) is 5.88. The fraction of sp³-hybridized carbons (Fsp3) is 0.714. The van der Waals surface area contributed by atoms with Gasteiger partial charge in [-0.2, -0.15) is 11.8 Å². The number of hydrogen-bond donors (Lipinski definition) is 1. The summed E-state index contributed by atoms with van der Waals surface area (Å²) in [5.41, 5.74) is 0. The summed E-state index contributed by atoms with van der Waals surface area (Å²) in [6, 6.07) is 0.